The third-order valence-corrected chi connectivity index (χ3v) is 3.90. The van der Waals surface area contributed by atoms with E-state index >= 15 is 0 Å². The van der Waals surface area contributed by atoms with Gasteiger partial charge in [-0.2, -0.15) is 5.10 Å². The summed E-state index contributed by atoms with van der Waals surface area (Å²) in [5.74, 6) is 0.553. The van der Waals surface area contributed by atoms with Gasteiger partial charge in [-0.3, -0.25) is 4.68 Å². The number of nitrogens with zero attached hydrogens (tertiary/aromatic N) is 2. The molecule has 10 heteroatoms. The van der Waals surface area contributed by atoms with E-state index in [9.17, 15) is 9.59 Å². The van der Waals surface area contributed by atoms with Gasteiger partial charge < -0.3 is 24.5 Å². The number of anilines is 2. The number of ether oxygens (including phenoxy) is 2. The van der Waals surface area contributed by atoms with Gasteiger partial charge in [-0.1, -0.05) is 11.6 Å². The lowest BCUT2D eigenvalue weighted by molar-refractivity contribution is 0.0562. The van der Waals surface area contributed by atoms with Crippen LogP contribution < -0.4 is 15.4 Å². The molecule has 2 heterocycles. The van der Waals surface area contributed by atoms with Crippen molar-refractivity contribution < 1.29 is 23.5 Å². The summed E-state index contributed by atoms with van der Waals surface area (Å²) in [6.45, 7) is 0.280. The monoisotopic (exact) mass is 404 g/mol. The van der Waals surface area contributed by atoms with Gasteiger partial charge in [0.2, 0.25) is 5.76 Å². The van der Waals surface area contributed by atoms with Crippen LogP contribution in [0.1, 0.15) is 16.3 Å². The second kappa shape index (κ2) is 8.49. The molecule has 0 bridgehead atoms. The van der Waals surface area contributed by atoms with Gasteiger partial charge in [0.1, 0.15) is 11.5 Å². The van der Waals surface area contributed by atoms with E-state index in [1.54, 1.807) is 35.1 Å². The third-order valence-electron chi connectivity index (χ3n) is 3.67. The molecule has 146 valence electrons. The Kier molecular flexibility index (Phi) is 5.85. The quantitative estimate of drug-likeness (QED) is 0.607. The number of carbonyl (C=O) groups is 2. The number of hydrogen-bond acceptors (Lipinski definition) is 6. The molecule has 0 atom stereocenters. The van der Waals surface area contributed by atoms with Crippen molar-refractivity contribution in [2.45, 2.75) is 6.54 Å². The standard InChI is InChI=1S/C18H17ClN4O5/c1-26-15-5-3-11(19)7-14(15)22-18(25)21-12-8-20-23(9-12)10-13-4-6-16(28-13)17(24)27-2/h3-9H,10H2,1-2H3,(H2,21,22,25). The number of methoxy groups -OCH3 is 2. The number of carbonyl (C=O) groups excluding carboxylic acids is 2. The number of esters is 1. The topological polar surface area (TPSA) is 108 Å². The summed E-state index contributed by atoms with van der Waals surface area (Å²) < 4.78 is 16.7. The number of halogens is 1. The molecule has 0 aliphatic rings. The minimum atomic E-state index is -0.554. The van der Waals surface area contributed by atoms with Crippen LogP contribution >= 0.6 is 11.6 Å². The van der Waals surface area contributed by atoms with Gasteiger partial charge in [-0.25, -0.2) is 9.59 Å². The highest BCUT2D eigenvalue weighted by atomic mass is 35.5. The first kappa shape index (κ1) is 19.3. The summed E-state index contributed by atoms with van der Waals surface area (Å²) in [4.78, 5) is 23.6. The Labute approximate surface area is 165 Å². The van der Waals surface area contributed by atoms with E-state index in [1.165, 1.54) is 26.5 Å². The van der Waals surface area contributed by atoms with Crippen LogP contribution in [0.15, 0.2) is 47.1 Å². The number of benzene rings is 1. The minimum Gasteiger partial charge on any atom is -0.495 e. The van der Waals surface area contributed by atoms with Gasteiger partial charge in [-0.15, -0.1) is 0 Å². The maximum absolute atomic E-state index is 12.2. The first-order valence-corrected chi connectivity index (χ1v) is 8.47. The summed E-state index contributed by atoms with van der Waals surface area (Å²) >= 11 is 5.95. The van der Waals surface area contributed by atoms with E-state index in [1.807, 2.05) is 0 Å². The fourth-order valence-corrected chi connectivity index (χ4v) is 2.58. The molecule has 0 aliphatic carbocycles. The first-order chi connectivity index (χ1) is 13.5. The van der Waals surface area contributed by atoms with Crippen LogP contribution in [0, 0.1) is 0 Å². The van der Waals surface area contributed by atoms with Crippen molar-refractivity contribution in [2.75, 3.05) is 24.9 Å². The maximum atomic E-state index is 12.2. The Bertz CT molecular complexity index is 998. The number of rotatable bonds is 6. The smallest absolute Gasteiger partial charge is 0.373 e. The highest BCUT2D eigenvalue weighted by Crippen LogP contribution is 2.27. The van der Waals surface area contributed by atoms with Crippen molar-refractivity contribution in [1.82, 2.24) is 9.78 Å². The largest absolute Gasteiger partial charge is 0.495 e. The van der Waals surface area contributed by atoms with Crippen LogP contribution in [-0.2, 0) is 11.3 Å². The second-order valence-electron chi connectivity index (χ2n) is 5.61. The molecular weight excluding hydrogens is 388 g/mol. The highest BCUT2D eigenvalue weighted by molar-refractivity contribution is 6.31. The predicted octanol–water partition coefficient (Wildman–Crippen LogP) is 3.62. The Morgan fingerprint density at radius 3 is 2.79 bits per heavy atom. The van der Waals surface area contributed by atoms with Crippen LogP contribution in [0.2, 0.25) is 5.02 Å². The second-order valence-corrected chi connectivity index (χ2v) is 6.04. The van der Waals surface area contributed by atoms with E-state index in [2.05, 4.69) is 20.5 Å². The summed E-state index contributed by atoms with van der Waals surface area (Å²) in [7, 11) is 2.77. The van der Waals surface area contributed by atoms with E-state index in [-0.39, 0.29) is 12.3 Å². The highest BCUT2D eigenvalue weighted by Gasteiger charge is 2.13. The summed E-state index contributed by atoms with van der Waals surface area (Å²) in [5, 5.41) is 9.94. The molecular formula is C18H17ClN4O5. The Hall–Kier alpha value is -3.46. The van der Waals surface area contributed by atoms with E-state index in [4.69, 9.17) is 20.8 Å². The molecule has 2 amide bonds. The zero-order valence-electron chi connectivity index (χ0n) is 15.1. The molecule has 1 aromatic carbocycles. The average molecular weight is 405 g/mol. The van der Waals surface area contributed by atoms with Crippen molar-refractivity contribution in [3.05, 3.63) is 59.3 Å². The number of aromatic nitrogens is 2. The molecule has 3 rings (SSSR count). The molecule has 2 N–H and O–H groups in total. The molecule has 0 radical (unpaired) electrons. The number of furan rings is 1. The summed E-state index contributed by atoms with van der Waals surface area (Å²) in [6, 6.07) is 7.59. The van der Waals surface area contributed by atoms with Gasteiger partial charge in [0.25, 0.3) is 0 Å². The molecule has 0 fully saturated rings. The van der Waals surface area contributed by atoms with Crippen LogP contribution in [0.3, 0.4) is 0 Å². The van der Waals surface area contributed by atoms with Crippen molar-refractivity contribution in [1.29, 1.82) is 0 Å². The van der Waals surface area contributed by atoms with E-state index in [0.29, 0.717) is 27.9 Å². The fourth-order valence-electron chi connectivity index (χ4n) is 2.41. The lowest BCUT2D eigenvalue weighted by Crippen LogP contribution is -2.19. The van der Waals surface area contributed by atoms with Crippen LogP contribution in [0.4, 0.5) is 16.2 Å². The number of hydrogen-bond donors (Lipinski definition) is 2. The van der Waals surface area contributed by atoms with Gasteiger partial charge in [0.05, 0.1) is 38.3 Å². The number of amides is 2. The molecule has 28 heavy (non-hydrogen) atoms. The molecule has 9 nitrogen and oxygen atoms in total. The maximum Gasteiger partial charge on any atom is 0.373 e. The van der Waals surface area contributed by atoms with Crippen LogP contribution in [-0.4, -0.2) is 36.0 Å². The van der Waals surface area contributed by atoms with Crippen molar-refractivity contribution in [2.24, 2.45) is 0 Å². The molecule has 3 aromatic rings. The van der Waals surface area contributed by atoms with Crippen LogP contribution in [0.25, 0.3) is 0 Å². The van der Waals surface area contributed by atoms with Crippen molar-refractivity contribution in [3.8, 4) is 5.75 Å². The average Bonchev–Trinajstić information content (AvgIpc) is 3.31. The van der Waals surface area contributed by atoms with Gasteiger partial charge in [-0.05, 0) is 30.3 Å². The minimum absolute atomic E-state index is 0.109. The number of urea groups is 1. The van der Waals surface area contributed by atoms with Gasteiger partial charge >= 0.3 is 12.0 Å². The van der Waals surface area contributed by atoms with Crippen molar-refractivity contribution >= 4 is 35.0 Å². The first-order valence-electron chi connectivity index (χ1n) is 8.09. The lowest BCUT2D eigenvalue weighted by atomic mass is 10.3. The zero-order chi connectivity index (χ0) is 20.1. The third kappa shape index (κ3) is 4.63. The Morgan fingerprint density at radius 1 is 1.21 bits per heavy atom. The predicted molar refractivity (Wildman–Crippen MR) is 102 cm³/mol. The molecule has 0 saturated carbocycles. The molecule has 2 aromatic heterocycles. The van der Waals surface area contributed by atoms with Crippen molar-refractivity contribution in [3.63, 3.8) is 0 Å². The van der Waals surface area contributed by atoms with Gasteiger partial charge in [0, 0.05) is 11.2 Å². The summed E-state index contributed by atoms with van der Waals surface area (Å²) in [5.41, 5.74) is 0.907. The molecule has 0 spiro atoms. The van der Waals surface area contributed by atoms with Crippen LogP contribution in [0.5, 0.6) is 5.75 Å². The SMILES string of the molecule is COC(=O)c1ccc(Cn2cc(NC(=O)Nc3cc(Cl)ccc3OC)cn2)o1. The van der Waals surface area contributed by atoms with E-state index in [0.717, 1.165) is 0 Å². The van der Waals surface area contributed by atoms with E-state index < -0.39 is 12.0 Å². The molecule has 0 aliphatic heterocycles. The fraction of sp³-hybridized carbons (Fsp3) is 0.167. The van der Waals surface area contributed by atoms with Gasteiger partial charge in [0.15, 0.2) is 0 Å². The number of nitrogens with one attached hydrogen (secondary N) is 2. The lowest BCUT2D eigenvalue weighted by Gasteiger charge is -2.10. The zero-order valence-corrected chi connectivity index (χ0v) is 15.8. The normalized spacial score (nSPS) is 10.4. The Morgan fingerprint density at radius 2 is 2.04 bits per heavy atom. The Balaban J connectivity index is 1.61. The molecule has 0 unspecified atom stereocenters. The summed E-state index contributed by atoms with van der Waals surface area (Å²) in [6.07, 6.45) is 3.11. The molecule has 0 saturated heterocycles.